The summed E-state index contributed by atoms with van der Waals surface area (Å²) in [6.45, 7) is 1.27. The molecule has 1 fully saturated rings. The standard InChI is InChI=1S/C8H16O2S/c9-4-2-6-11-7-8-3-1-5-10-8/h8-9H,1-7H2. The van der Waals surface area contributed by atoms with Gasteiger partial charge in [-0.25, -0.2) is 0 Å². The van der Waals surface area contributed by atoms with Crippen molar-refractivity contribution in [2.24, 2.45) is 0 Å². The third kappa shape index (κ3) is 3.99. The molecule has 0 aromatic carbocycles. The Bertz CT molecular complexity index is 92.1. The van der Waals surface area contributed by atoms with Gasteiger partial charge in [-0.2, -0.15) is 11.8 Å². The molecular formula is C8H16O2S. The van der Waals surface area contributed by atoms with Crippen molar-refractivity contribution in [1.82, 2.24) is 0 Å². The van der Waals surface area contributed by atoms with Crippen LogP contribution in [0.4, 0.5) is 0 Å². The van der Waals surface area contributed by atoms with E-state index in [2.05, 4.69) is 0 Å². The van der Waals surface area contributed by atoms with Gasteiger partial charge in [0.1, 0.15) is 0 Å². The van der Waals surface area contributed by atoms with Crippen molar-refractivity contribution in [2.45, 2.75) is 25.4 Å². The van der Waals surface area contributed by atoms with E-state index in [0.29, 0.717) is 12.7 Å². The molecule has 1 atom stereocenters. The van der Waals surface area contributed by atoms with Gasteiger partial charge in [-0.05, 0) is 25.0 Å². The predicted molar refractivity (Wildman–Crippen MR) is 48.0 cm³/mol. The SMILES string of the molecule is OCCCSCC1CCCO1. The quantitative estimate of drug-likeness (QED) is 0.640. The average molecular weight is 176 g/mol. The Labute approximate surface area is 72.3 Å². The van der Waals surface area contributed by atoms with Crippen molar-refractivity contribution in [3.05, 3.63) is 0 Å². The summed E-state index contributed by atoms with van der Waals surface area (Å²) in [6.07, 6.45) is 3.87. The molecule has 1 unspecified atom stereocenters. The Hall–Kier alpha value is 0.270. The van der Waals surface area contributed by atoms with E-state index in [1.54, 1.807) is 0 Å². The first-order chi connectivity index (χ1) is 5.43. The molecule has 11 heavy (non-hydrogen) atoms. The second-order valence-corrected chi connectivity index (χ2v) is 3.94. The highest BCUT2D eigenvalue weighted by molar-refractivity contribution is 7.99. The van der Waals surface area contributed by atoms with Crippen molar-refractivity contribution < 1.29 is 9.84 Å². The van der Waals surface area contributed by atoms with E-state index in [4.69, 9.17) is 9.84 Å². The van der Waals surface area contributed by atoms with Crippen LogP contribution in [-0.2, 0) is 4.74 Å². The molecule has 1 heterocycles. The molecule has 1 aliphatic rings. The van der Waals surface area contributed by atoms with Gasteiger partial charge in [0.15, 0.2) is 0 Å². The number of hydrogen-bond acceptors (Lipinski definition) is 3. The van der Waals surface area contributed by atoms with Gasteiger partial charge >= 0.3 is 0 Å². The molecule has 1 aliphatic heterocycles. The molecule has 1 saturated heterocycles. The fraction of sp³-hybridized carbons (Fsp3) is 1.00. The van der Waals surface area contributed by atoms with Gasteiger partial charge in [0.05, 0.1) is 6.10 Å². The summed E-state index contributed by atoms with van der Waals surface area (Å²) in [6, 6.07) is 0. The van der Waals surface area contributed by atoms with Crippen LogP contribution in [0, 0.1) is 0 Å². The molecule has 3 heteroatoms. The van der Waals surface area contributed by atoms with Gasteiger partial charge in [0.25, 0.3) is 0 Å². The Morgan fingerprint density at radius 2 is 2.45 bits per heavy atom. The lowest BCUT2D eigenvalue weighted by atomic mass is 10.3. The number of ether oxygens (including phenoxy) is 1. The number of aliphatic hydroxyl groups excluding tert-OH is 1. The molecule has 0 radical (unpaired) electrons. The van der Waals surface area contributed by atoms with Crippen molar-refractivity contribution >= 4 is 11.8 Å². The first-order valence-electron chi connectivity index (χ1n) is 4.23. The van der Waals surface area contributed by atoms with Gasteiger partial charge in [-0.15, -0.1) is 0 Å². The van der Waals surface area contributed by atoms with Crippen LogP contribution in [0.1, 0.15) is 19.3 Å². The zero-order valence-corrected chi connectivity index (χ0v) is 7.61. The van der Waals surface area contributed by atoms with Crippen LogP contribution in [0.15, 0.2) is 0 Å². The Balaban J connectivity index is 1.86. The smallest absolute Gasteiger partial charge is 0.0666 e. The second-order valence-electron chi connectivity index (χ2n) is 2.79. The molecule has 0 bridgehead atoms. The molecule has 1 rings (SSSR count). The molecule has 1 N–H and O–H groups in total. The summed E-state index contributed by atoms with van der Waals surface area (Å²) >= 11 is 1.89. The first-order valence-corrected chi connectivity index (χ1v) is 5.39. The van der Waals surface area contributed by atoms with Gasteiger partial charge in [0, 0.05) is 19.0 Å². The van der Waals surface area contributed by atoms with E-state index < -0.39 is 0 Å². The summed E-state index contributed by atoms with van der Waals surface area (Å²) in [7, 11) is 0. The summed E-state index contributed by atoms with van der Waals surface area (Å²) in [5, 5.41) is 8.51. The largest absolute Gasteiger partial charge is 0.396 e. The molecular weight excluding hydrogens is 160 g/mol. The Kier molecular flexibility index (Phi) is 4.99. The van der Waals surface area contributed by atoms with Crippen LogP contribution in [0.25, 0.3) is 0 Å². The number of thioether (sulfide) groups is 1. The molecule has 0 aliphatic carbocycles. The van der Waals surface area contributed by atoms with Crippen molar-refractivity contribution in [3.8, 4) is 0 Å². The Morgan fingerprint density at radius 3 is 3.09 bits per heavy atom. The lowest BCUT2D eigenvalue weighted by molar-refractivity contribution is 0.129. The molecule has 0 aromatic rings. The molecule has 66 valence electrons. The van der Waals surface area contributed by atoms with Crippen LogP contribution >= 0.6 is 11.8 Å². The minimum atomic E-state index is 0.318. The van der Waals surface area contributed by atoms with Crippen LogP contribution in [0.5, 0.6) is 0 Å². The lowest BCUT2D eigenvalue weighted by Gasteiger charge is -2.07. The van der Waals surface area contributed by atoms with Crippen LogP contribution in [0.2, 0.25) is 0 Å². The highest BCUT2D eigenvalue weighted by Gasteiger charge is 2.14. The van der Waals surface area contributed by atoms with E-state index in [1.807, 2.05) is 11.8 Å². The normalized spacial score (nSPS) is 24.3. The predicted octanol–water partition coefficient (Wildman–Crippen LogP) is 1.28. The van der Waals surface area contributed by atoms with E-state index in [1.165, 1.54) is 12.8 Å². The van der Waals surface area contributed by atoms with E-state index in [9.17, 15) is 0 Å². The highest BCUT2D eigenvalue weighted by atomic mass is 32.2. The lowest BCUT2D eigenvalue weighted by Crippen LogP contribution is -2.08. The summed E-state index contributed by atoms with van der Waals surface area (Å²) in [5.41, 5.74) is 0. The molecule has 0 amide bonds. The molecule has 2 nitrogen and oxygen atoms in total. The maximum Gasteiger partial charge on any atom is 0.0666 e. The monoisotopic (exact) mass is 176 g/mol. The second kappa shape index (κ2) is 5.86. The number of aliphatic hydroxyl groups is 1. The maximum atomic E-state index is 8.51. The van der Waals surface area contributed by atoms with Crippen molar-refractivity contribution in [3.63, 3.8) is 0 Å². The van der Waals surface area contributed by atoms with Crippen LogP contribution in [0.3, 0.4) is 0 Å². The molecule has 0 saturated carbocycles. The van der Waals surface area contributed by atoms with Crippen LogP contribution in [-0.4, -0.2) is 35.9 Å². The van der Waals surface area contributed by atoms with Gasteiger partial charge < -0.3 is 9.84 Å². The van der Waals surface area contributed by atoms with E-state index in [-0.39, 0.29) is 0 Å². The first kappa shape index (κ1) is 9.36. The summed E-state index contributed by atoms with van der Waals surface area (Å²) in [5.74, 6) is 2.18. The summed E-state index contributed by atoms with van der Waals surface area (Å²) < 4.78 is 5.45. The minimum absolute atomic E-state index is 0.318. The zero-order valence-electron chi connectivity index (χ0n) is 6.79. The van der Waals surface area contributed by atoms with E-state index >= 15 is 0 Å². The third-order valence-electron chi connectivity index (χ3n) is 1.77. The molecule has 0 spiro atoms. The van der Waals surface area contributed by atoms with Crippen molar-refractivity contribution in [1.29, 1.82) is 0 Å². The number of hydrogen-bond donors (Lipinski definition) is 1. The van der Waals surface area contributed by atoms with Gasteiger partial charge in [-0.3, -0.25) is 0 Å². The Morgan fingerprint density at radius 1 is 1.55 bits per heavy atom. The summed E-state index contributed by atoms with van der Waals surface area (Å²) in [4.78, 5) is 0. The fourth-order valence-corrected chi connectivity index (χ4v) is 2.18. The highest BCUT2D eigenvalue weighted by Crippen LogP contribution is 2.17. The minimum Gasteiger partial charge on any atom is -0.396 e. The maximum absolute atomic E-state index is 8.51. The fourth-order valence-electron chi connectivity index (χ4n) is 1.16. The van der Waals surface area contributed by atoms with Gasteiger partial charge in [0.2, 0.25) is 0 Å². The van der Waals surface area contributed by atoms with E-state index in [0.717, 1.165) is 24.5 Å². The third-order valence-corrected chi connectivity index (χ3v) is 2.96. The van der Waals surface area contributed by atoms with Gasteiger partial charge in [-0.1, -0.05) is 0 Å². The number of rotatable bonds is 5. The molecule has 0 aromatic heterocycles. The zero-order chi connectivity index (χ0) is 7.94. The van der Waals surface area contributed by atoms with Crippen LogP contribution < -0.4 is 0 Å². The average Bonchev–Trinajstić information content (AvgIpc) is 2.50. The topological polar surface area (TPSA) is 29.5 Å². The van der Waals surface area contributed by atoms with Crippen molar-refractivity contribution in [2.75, 3.05) is 24.7 Å².